The zero-order valence-corrected chi connectivity index (χ0v) is 13.1. The highest BCUT2D eigenvalue weighted by molar-refractivity contribution is 4.88. The predicted molar refractivity (Wildman–Crippen MR) is 79.6 cm³/mol. The van der Waals surface area contributed by atoms with E-state index in [1.54, 1.807) is 0 Å². The first-order valence-electron chi connectivity index (χ1n) is 7.78. The largest absolute Gasteiger partial charge is 0.375 e. The van der Waals surface area contributed by atoms with Gasteiger partial charge in [-0.25, -0.2) is 0 Å². The van der Waals surface area contributed by atoms with Crippen LogP contribution in [0.3, 0.4) is 0 Å². The second kappa shape index (κ2) is 6.53. The maximum Gasteiger partial charge on any atom is 0.0666 e. The fraction of sp³-hybridized carbons (Fsp3) is 1.00. The molecule has 112 valence electrons. The summed E-state index contributed by atoms with van der Waals surface area (Å²) in [6.07, 6.45) is 3.41. The highest BCUT2D eigenvalue weighted by atomic mass is 16.5. The van der Waals surface area contributed by atoms with E-state index in [-0.39, 0.29) is 5.60 Å². The van der Waals surface area contributed by atoms with E-state index in [0.717, 1.165) is 32.4 Å². The summed E-state index contributed by atoms with van der Waals surface area (Å²) in [6.45, 7) is 10.0. The zero-order chi connectivity index (χ0) is 13.9. The molecule has 0 saturated carbocycles. The number of ether oxygens (including phenoxy) is 1. The van der Waals surface area contributed by atoms with E-state index in [4.69, 9.17) is 4.74 Å². The van der Waals surface area contributed by atoms with Crippen LogP contribution >= 0.6 is 0 Å². The molecular formula is C15H31N3O. The number of nitrogens with one attached hydrogen (secondary N) is 1. The van der Waals surface area contributed by atoms with E-state index < -0.39 is 0 Å². The van der Waals surface area contributed by atoms with Crippen molar-refractivity contribution in [2.24, 2.45) is 0 Å². The molecule has 0 spiro atoms. The lowest BCUT2D eigenvalue weighted by atomic mass is 9.90. The molecule has 0 aromatic heterocycles. The van der Waals surface area contributed by atoms with Gasteiger partial charge in [-0.1, -0.05) is 6.92 Å². The molecule has 2 aliphatic rings. The van der Waals surface area contributed by atoms with Crippen molar-refractivity contribution in [2.75, 3.05) is 46.9 Å². The lowest BCUT2D eigenvalue weighted by molar-refractivity contribution is -0.0786. The molecule has 19 heavy (non-hydrogen) atoms. The molecule has 4 heteroatoms. The van der Waals surface area contributed by atoms with E-state index in [2.05, 4.69) is 43.1 Å². The molecule has 0 bridgehead atoms. The van der Waals surface area contributed by atoms with Gasteiger partial charge >= 0.3 is 0 Å². The summed E-state index contributed by atoms with van der Waals surface area (Å²) in [5.74, 6) is 0. The van der Waals surface area contributed by atoms with Crippen molar-refractivity contribution in [3.05, 3.63) is 0 Å². The second-order valence-electron chi connectivity index (χ2n) is 6.65. The van der Waals surface area contributed by atoms with Crippen LogP contribution in [0.25, 0.3) is 0 Å². The number of hydrogen-bond donors (Lipinski definition) is 1. The van der Waals surface area contributed by atoms with Crippen LogP contribution in [0, 0.1) is 0 Å². The van der Waals surface area contributed by atoms with E-state index in [1.807, 2.05) is 0 Å². The third-order valence-corrected chi connectivity index (χ3v) is 4.97. The van der Waals surface area contributed by atoms with Crippen LogP contribution < -0.4 is 5.32 Å². The summed E-state index contributed by atoms with van der Waals surface area (Å²) >= 11 is 0. The Morgan fingerprint density at radius 2 is 2.11 bits per heavy atom. The van der Waals surface area contributed by atoms with Gasteiger partial charge in [-0.15, -0.1) is 0 Å². The fourth-order valence-electron chi connectivity index (χ4n) is 3.17. The van der Waals surface area contributed by atoms with Crippen molar-refractivity contribution in [3.63, 3.8) is 0 Å². The van der Waals surface area contributed by atoms with Gasteiger partial charge in [0.25, 0.3) is 0 Å². The van der Waals surface area contributed by atoms with Crippen molar-refractivity contribution in [1.29, 1.82) is 0 Å². The Balaban J connectivity index is 1.78. The quantitative estimate of drug-likeness (QED) is 0.829. The topological polar surface area (TPSA) is 27.7 Å². The normalized spacial score (nSPS) is 38.5. The predicted octanol–water partition coefficient (Wildman–Crippen LogP) is 1.17. The minimum Gasteiger partial charge on any atom is -0.375 e. The summed E-state index contributed by atoms with van der Waals surface area (Å²) in [5.41, 5.74) is 0.0885. The third kappa shape index (κ3) is 4.15. The van der Waals surface area contributed by atoms with Crippen molar-refractivity contribution < 1.29 is 4.74 Å². The Morgan fingerprint density at radius 1 is 1.32 bits per heavy atom. The van der Waals surface area contributed by atoms with Crippen LogP contribution in [-0.4, -0.2) is 74.4 Å². The SMILES string of the molecule is CCC1(C)CC(NCC2CN(C)CCN2C)CCO1. The van der Waals surface area contributed by atoms with Crippen molar-refractivity contribution >= 4 is 0 Å². The number of nitrogens with zero attached hydrogens (tertiary/aromatic N) is 2. The summed E-state index contributed by atoms with van der Waals surface area (Å²) in [7, 11) is 4.47. The van der Waals surface area contributed by atoms with Crippen LogP contribution in [0.15, 0.2) is 0 Å². The Kier molecular flexibility index (Phi) is 5.23. The van der Waals surface area contributed by atoms with Gasteiger partial charge in [0.05, 0.1) is 5.60 Å². The summed E-state index contributed by atoms with van der Waals surface area (Å²) in [4.78, 5) is 4.93. The molecule has 2 heterocycles. The van der Waals surface area contributed by atoms with Crippen LogP contribution in [0.4, 0.5) is 0 Å². The van der Waals surface area contributed by atoms with Gasteiger partial charge in [-0.2, -0.15) is 0 Å². The molecule has 0 aliphatic carbocycles. The van der Waals surface area contributed by atoms with E-state index >= 15 is 0 Å². The Labute approximate surface area is 118 Å². The van der Waals surface area contributed by atoms with Crippen molar-refractivity contribution in [3.8, 4) is 0 Å². The number of rotatable bonds is 4. The van der Waals surface area contributed by atoms with Crippen LogP contribution in [0.2, 0.25) is 0 Å². The Bertz CT molecular complexity index is 287. The molecule has 1 N–H and O–H groups in total. The van der Waals surface area contributed by atoms with Crippen molar-refractivity contribution in [1.82, 2.24) is 15.1 Å². The first kappa shape index (κ1) is 15.2. The molecule has 2 saturated heterocycles. The number of hydrogen-bond acceptors (Lipinski definition) is 4. The zero-order valence-electron chi connectivity index (χ0n) is 13.1. The van der Waals surface area contributed by atoms with Gasteiger partial charge in [0.15, 0.2) is 0 Å². The minimum absolute atomic E-state index is 0.0885. The standard InChI is InChI=1S/C15H31N3O/c1-5-15(2)10-13(6-9-19-15)16-11-14-12-17(3)7-8-18(14)4/h13-14,16H,5-12H2,1-4H3. The first-order valence-corrected chi connectivity index (χ1v) is 7.78. The molecule has 2 aliphatic heterocycles. The monoisotopic (exact) mass is 269 g/mol. The average Bonchev–Trinajstić information content (AvgIpc) is 2.40. The highest BCUT2D eigenvalue weighted by Crippen LogP contribution is 2.27. The van der Waals surface area contributed by atoms with E-state index in [9.17, 15) is 0 Å². The summed E-state index contributed by atoms with van der Waals surface area (Å²) in [6, 6.07) is 1.27. The Morgan fingerprint density at radius 3 is 2.84 bits per heavy atom. The van der Waals surface area contributed by atoms with Crippen molar-refractivity contribution in [2.45, 2.75) is 50.8 Å². The molecular weight excluding hydrogens is 238 g/mol. The molecule has 0 amide bonds. The van der Waals surface area contributed by atoms with Crippen LogP contribution in [-0.2, 0) is 4.74 Å². The van der Waals surface area contributed by atoms with Gasteiger partial charge in [-0.3, -0.25) is 4.90 Å². The minimum atomic E-state index is 0.0885. The third-order valence-electron chi connectivity index (χ3n) is 4.97. The lowest BCUT2D eigenvalue weighted by Crippen LogP contribution is -2.56. The highest BCUT2D eigenvalue weighted by Gasteiger charge is 2.32. The molecule has 4 nitrogen and oxygen atoms in total. The molecule has 0 aromatic carbocycles. The fourth-order valence-corrected chi connectivity index (χ4v) is 3.17. The number of piperazine rings is 1. The van der Waals surface area contributed by atoms with E-state index in [0.29, 0.717) is 12.1 Å². The summed E-state index contributed by atoms with van der Waals surface area (Å²) in [5, 5.41) is 3.78. The lowest BCUT2D eigenvalue weighted by Gasteiger charge is -2.41. The maximum absolute atomic E-state index is 5.92. The second-order valence-corrected chi connectivity index (χ2v) is 6.65. The molecule has 2 rings (SSSR count). The maximum atomic E-state index is 5.92. The molecule has 3 unspecified atom stereocenters. The van der Waals surface area contributed by atoms with Crippen LogP contribution in [0.1, 0.15) is 33.1 Å². The average molecular weight is 269 g/mol. The van der Waals surface area contributed by atoms with Gasteiger partial charge in [0, 0.05) is 44.9 Å². The van der Waals surface area contributed by atoms with Gasteiger partial charge in [0.2, 0.25) is 0 Å². The summed E-state index contributed by atoms with van der Waals surface area (Å²) < 4.78 is 5.92. The molecule has 0 aromatic rings. The molecule has 2 fully saturated rings. The van der Waals surface area contributed by atoms with Gasteiger partial charge in [-0.05, 0) is 40.3 Å². The smallest absolute Gasteiger partial charge is 0.0666 e. The first-order chi connectivity index (χ1) is 9.02. The molecule has 3 atom stereocenters. The Hall–Kier alpha value is -0.160. The van der Waals surface area contributed by atoms with Gasteiger partial charge < -0.3 is 15.0 Å². The van der Waals surface area contributed by atoms with E-state index in [1.165, 1.54) is 19.6 Å². The molecule has 0 radical (unpaired) electrons. The number of likely N-dealkylation sites (N-methyl/N-ethyl adjacent to an activating group) is 2. The van der Waals surface area contributed by atoms with Gasteiger partial charge in [0.1, 0.15) is 0 Å². The van der Waals surface area contributed by atoms with Crippen LogP contribution in [0.5, 0.6) is 0 Å².